The van der Waals surface area contributed by atoms with Gasteiger partial charge in [0.25, 0.3) is 0 Å². The van der Waals surface area contributed by atoms with Crippen molar-refractivity contribution in [2.75, 3.05) is 20.7 Å². The van der Waals surface area contributed by atoms with Crippen LogP contribution in [0.3, 0.4) is 0 Å². The maximum absolute atomic E-state index is 5.39. The number of guanidine groups is 1. The van der Waals surface area contributed by atoms with Gasteiger partial charge in [0.05, 0.1) is 13.7 Å². The predicted molar refractivity (Wildman–Crippen MR) is 88.7 cm³/mol. The highest BCUT2D eigenvalue weighted by Crippen LogP contribution is 2.19. The molecule has 2 aromatic rings. The second kappa shape index (κ2) is 8.17. The molecule has 0 fully saturated rings. The Kier molecular flexibility index (Phi) is 5.96. The quantitative estimate of drug-likeness (QED) is 0.622. The van der Waals surface area contributed by atoms with Crippen molar-refractivity contribution in [1.29, 1.82) is 0 Å². The van der Waals surface area contributed by atoms with Gasteiger partial charge in [-0.25, -0.2) is 0 Å². The van der Waals surface area contributed by atoms with Crippen molar-refractivity contribution in [2.45, 2.75) is 26.8 Å². The number of rotatable bonds is 6. The highest BCUT2D eigenvalue weighted by atomic mass is 16.5. The Labute approximate surface area is 136 Å². The van der Waals surface area contributed by atoms with Crippen LogP contribution in [0.5, 0.6) is 5.75 Å². The van der Waals surface area contributed by atoms with Gasteiger partial charge in [-0.1, -0.05) is 22.9 Å². The summed E-state index contributed by atoms with van der Waals surface area (Å²) in [4.78, 5) is 8.31. The minimum Gasteiger partial charge on any atom is -0.496 e. The molecular weight excluding hydrogens is 294 g/mol. The number of aromatic nitrogens is 2. The van der Waals surface area contributed by atoms with E-state index in [1.807, 2.05) is 12.1 Å². The van der Waals surface area contributed by atoms with Crippen molar-refractivity contribution < 1.29 is 9.26 Å². The molecule has 7 heteroatoms. The van der Waals surface area contributed by atoms with Gasteiger partial charge in [0.1, 0.15) is 5.75 Å². The standard InChI is InChI=1S/C16H23N5O2/c1-11-5-6-14(22-4)13(9-11)7-8-18-16(17-3)19-10-15-20-12(2)21-23-15/h5-6,9H,7-8,10H2,1-4H3,(H2,17,18,19). The number of ether oxygens (including phenoxy) is 1. The summed E-state index contributed by atoms with van der Waals surface area (Å²) >= 11 is 0. The van der Waals surface area contributed by atoms with Crippen LogP contribution < -0.4 is 15.4 Å². The Bertz CT molecular complexity index is 666. The highest BCUT2D eigenvalue weighted by molar-refractivity contribution is 5.79. The first kappa shape index (κ1) is 16.8. The molecule has 0 saturated heterocycles. The molecule has 23 heavy (non-hydrogen) atoms. The van der Waals surface area contributed by atoms with Crippen molar-refractivity contribution in [1.82, 2.24) is 20.8 Å². The first-order valence-corrected chi connectivity index (χ1v) is 7.49. The Hall–Kier alpha value is -2.57. The first-order valence-electron chi connectivity index (χ1n) is 7.49. The second-order valence-corrected chi connectivity index (χ2v) is 5.15. The molecule has 0 unspecified atom stereocenters. The molecule has 2 N–H and O–H groups in total. The van der Waals surface area contributed by atoms with Gasteiger partial charge in [-0.3, -0.25) is 4.99 Å². The Morgan fingerprint density at radius 1 is 1.30 bits per heavy atom. The van der Waals surface area contributed by atoms with E-state index >= 15 is 0 Å². The molecular formula is C16H23N5O2. The number of benzene rings is 1. The smallest absolute Gasteiger partial charge is 0.246 e. The van der Waals surface area contributed by atoms with Crippen molar-refractivity contribution >= 4 is 5.96 Å². The molecule has 1 aromatic heterocycles. The lowest BCUT2D eigenvalue weighted by molar-refractivity contribution is 0.371. The van der Waals surface area contributed by atoms with Gasteiger partial charge in [-0.15, -0.1) is 0 Å². The second-order valence-electron chi connectivity index (χ2n) is 5.15. The predicted octanol–water partition coefficient (Wildman–Crippen LogP) is 1.60. The average Bonchev–Trinajstić information content (AvgIpc) is 2.96. The van der Waals surface area contributed by atoms with E-state index in [2.05, 4.69) is 38.8 Å². The SMILES string of the molecule is CN=C(NCCc1cc(C)ccc1OC)NCc1nc(C)no1. The van der Waals surface area contributed by atoms with E-state index in [4.69, 9.17) is 9.26 Å². The van der Waals surface area contributed by atoms with Gasteiger partial charge in [0.2, 0.25) is 5.89 Å². The van der Waals surface area contributed by atoms with Crippen molar-refractivity contribution in [3.63, 3.8) is 0 Å². The number of aliphatic imine (C=N–C) groups is 1. The van der Waals surface area contributed by atoms with E-state index < -0.39 is 0 Å². The summed E-state index contributed by atoms with van der Waals surface area (Å²) in [6, 6.07) is 6.18. The largest absolute Gasteiger partial charge is 0.496 e. The third-order valence-electron chi connectivity index (χ3n) is 3.32. The fourth-order valence-corrected chi connectivity index (χ4v) is 2.21. The molecule has 0 amide bonds. The van der Waals surface area contributed by atoms with E-state index in [1.165, 1.54) is 11.1 Å². The average molecular weight is 317 g/mol. The number of hydrogen-bond donors (Lipinski definition) is 2. The summed E-state index contributed by atoms with van der Waals surface area (Å²) in [5.74, 6) is 2.75. The lowest BCUT2D eigenvalue weighted by atomic mass is 10.1. The zero-order chi connectivity index (χ0) is 16.7. The summed E-state index contributed by atoms with van der Waals surface area (Å²) in [5.41, 5.74) is 2.39. The third kappa shape index (κ3) is 4.98. The van der Waals surface area contributed by atoms with Gasteiger partial charge in [0, 0.05) is 13.6 Å². The molecule has 124 valence electrons. The maximum Gasteiger partial charge on any atom is 0.246 e. The molecule has 0 aliphatic heterocycles. The molecule has 0 saturated carbocycles. The number of hydrogen-bond acceptors (Lipinski definition) is 5. The number of aryl methyl sites for hydroxylation is 2. The highest BCUT2D eigenvalue weighted by Gasteiger charge is 2.06. The van der Waals surface area contributed by atoms with Crippen LogP contribution in [0.15, 0.2) is 27.7 Å². The molecule has 0 spiro atoms. The van der Waals surface area contributed by atoms with Crippen LogP contribution in [-0.4, -0.2) is 36.8 Å². The van der Waals surface area contributed by atoms with Crippen LogP contribution in [0, 0.1) is 13.8 Å². The number of nitrogens with zero attached hydrogens (tertiary/aromatic N) is 3. The van der Waals surface area contributed by atoms with E-state index in [1.54, 1.807) is 21.1 Å². The molecule has 1 aromatic carbocycles. The van der Waals surface area contributed by atoms with Crippen LogP contribution in [0.1, 0.15) is 22.8 Å². The summed E-state index contributed by atoms with van der Waals surface area (Å²) in [6.45, 7) is 5.04. The molecule has 0 radical (unpaired) electrons. The van der Waals surface area contributed by atoms with Gasteiger partial charge >= 0.3 is 0 Å². The zero-order valence-electron chi connectivity index (χ0n) is 14.0. The molecule has 0 bridgehead atoms. The number of methoxy groups -OCH3 is 1. The number of nitrogens with one attached hydrogen (secondary N) is 2. The summed E-state index contributed by atoms with van der Waals surface area (Å²) in [5, 5.41) is 10.1. The fraction of sp³-hybridized carbons (Fsp3) is 0.438. The van der Waals surface area contributed by atoms with Gasteiger partial charge in [-0.05, 0) is 31.9 Å². The van der Waals surface area contributed by atoms with E-state index in [0.717, 1.165) is 18.7 Å². The molecule has 7 nitrogen and oxygen atoms in total. The lowest BCUT2D eigenvalue weighted by Gasteiger charge is -2.12. The Morgan fingerprint density at radius 2 is 2.13 bits per heavy atom. The fourth-order valence-electron chi connectivity index (χ4n) is 2.21. The molecule has 0 atom stereocenters. The van der Waals surface area contributed by atoms with Crippen molar-refractivity contribution in [2.24, 2.45) is 4.99 Å². The van der Waals surface area contributed by atoms with Crippen LogP contribution >= 0.6 is 0 Å². The van der Waals surface area contributed by atoms with Gasteiger partial charge in [-0.2, -0.15) is 4.98 Å². The van der Waals surface area contributed by atoms with Crippen molar-refractivity contribution in [3.8, 4) is 5.75 Å². The van der Waals surface area contributed by atoms with E-state index in [-0.39, 0.29) is 0 Å². The third-order valence-corrected chi connectivity index (χ3v) is 3.32. The van der Waals surface area contributed by atoms with E-state index in [0.29, 0.717) is 24.2 Å². The lowest BCUT2D eigenvalue weighted by Crippen LogP contribution is -2.38. The maximum atomic E-state index is 5.39. The van der Waals surface area contributed by atoms with Crippen LogP contribution in [0.2, 0.25) is 0 Å². The summed E-state index contributed by atoms with van der Waals surface area (Å²) in [7, 11) is 3.41. The topological polar surface area (TPSA) is 84.6 Å². The summed E-state index contributed by atoms with van der Waals surface area (Å²) in [6.07, 6.45) is 0.839. The van der Waals surface area contributed by atoms with Crippen LogP contribution in [-0.2, 0) is 13.0 Å². The zero-order valence-corrected chi connectivity index (χ0v) is 14.0. The monoisotopic (exact) mass is 317 g/mol. The molecule has 0 aliphatic carbocycles. The molecule has 2 rings (SSSR count). The van der Waals surface area contributed by atoms with Gasteiger partial charge in [0.15, 0.2) is 11.8 Å². The summed E-state index contributed by atoms with van der Waals surface area (Å²) < 4.78 is 10.4. The molecule has 1 heterocycles. The van der Waals surface area contributed by atoms with Crippen LogP contribution in [0.25, 0.3) is 0 Å². The Balaban J connectivity index is 1.83. The normalized spacial score (nSPS) is 11.4. The van der Waals surface area contributed by atoms with Crippen molar-refractivity contribution in [3.05, 3.63) is 41.0 Å². The minimum absolute atomic E-state index is 0.439. The van der Waals surface area contributed by atoms with Gasteiger partial charge < -0.3 is 19.9 Å². The van der Waals surface area contributed by atoms with Crippen LogP contribution in [0.4, 0.5) is 0 Å². The Morgan fingerprint density at radius 3 is 2.78 bits per heavy atom. The first-order chi connectivity index (χ1) is 11.1. The minimum atomic E-state index is 0.439. The molecule has 0 aliphatic rings. The van der Waals surface area contributed by atoms with E-state index in [9.17, 15) is 0 Å².